The van der Waals surface area contributed by atoms with E-state index in [1.807, 2.05) is 25.1 Å². The second-order valence-electron chi connectivity index (χ2n) is 5.83. The van der Waals surface area contributed by atoms with E-state index in [2.05, 4.69) is 23.5 Å². The number of rotatable bonds is 7. The van der Waals surface area contributed by atoms with Crippen LogP contribution in [0.3, 0.4) is 0 Å². The van der Waals surface area contributed by atoms with Crippen molar-refractivity contribution in [1.82, 2.24) is 5.32 Å². The largest absolute Gasteiger partial charge is 0.481 e. The van der Waals surface area contributed by atoms with Gasteiger partial charge < -0.3 is 10.1 Å². The Kier molecular flexibility index (Phi) is 6.39. The predicted molar refractivity (Wildman–Crippen MR) is 93.6 cm³/mol. The molecule has 4 heteroatoms. The van der Waals surface area contributed by atoms with Gasteiger partial charge >= 0.3 is 0 Å². The fourth-order valence-corrected chi connectivity index (χ4v) is 2.36. The molecular weight excluding hydrogens is 300 g/mol. The molecule has 1 N–H and O–H groups in total. The van der Waals surface area contributed by atoms with Gasteiger partial charge in [-0.2, -0.15) is 5.26 Å². The molecule has 2 aromatic carbocycles. The van der Waals surface area contributed by atoms with Crippen LogP contribution in [0.5, 0.6) is 5.75 Å². The number of nitrogens with one attached hydrogen (secondary N) is 1. The Balaban J connectivity index is 1.81. The van der Waals surface area contributed by atoms with Crippen LogP contribution in [0.1, 0.15) is 31.4 Å². The lowest BCUT2D eigenvalue weighted by molar-refractivity contribution is -0.127. The molecule has 24 heavy (non-hydrogen) atoms. The third-order valence-corrected chi connectivity index (χ3v) is 3.74. The highest BCUT2D eigenvalue weighted by Crippen LogP contribution is 2.14. The lowest BCUT2D eigenvalue weighted by atomic mass is 10.1. The molecule has 0 saturated carbocycles. The van der Waals surface area contributed by atoms with Crippen molar-refractivity contribution in [3.8, 4) is 11.8 Å². The maximum absolute atomic E-state index is 12.2. The first-order chi connectivity index (χ1) is 11.6. The zero-order valence-corrected chi connectivity index (χ0v) is 14.0. The number of aryl methyl sites for hydroxylation is 1. The van der Waals surface area contributed by atoms with Gasteiger partial charge in [0, 0.05) is 6.04 Å². The third kappa shape index (κ3) is 5.44. The Morgan fingerprint density at radius 2 is 1.92 bits per heavy atom. The topological polar surface area (TPSA) is 62.1 Å². The highest BCUT2D eigenvalue weighted by atomic mass is 16.5. The number of hydrogen-bond acceptors (Lipinski definition) is 3. The molecule has 0 spiro atoms. The van der Waals surface area contributed by atoms with Crippen molar-refractivity contribution in [2.75, 3.05) is 0 Å². The highest BCUT2D eigenvalue weighted by molar-refractivity contribution is 5.81. The Morgan fingerprint density at radius 1 is 1.17 bits per heavy atom. The number of ether oxygens (including phenoxy) is 1. The third-order valence-electron chi connectivity index (χ3n) is 3.74. The maximum Gasteiger partial charge on any atom is 0.260 e. The normalized spacial score (nSPS) is 12.7. The van der Waals surface area contributed by atoms with Crippen LogP contribution >= 0.6 is 0 Å². The molecule has 0 radical (unpaired) electrons. The van der Waals surface area contributed by atoms with E-state index < -0.39 is 6.10 Å². The molecule has 0 aromatic heterocycles. The number of nitrogens with zero attached hydrogens (tertiary/aromatic N) is 1. The van der Waals surface area contributed by atoms with Gasteiger partial charge in [0.15, 0.2) is 6.10 Å². The molecule has 2 rings (SSSR count). The Morgan fingerprint density at radius 3 is 2.62 bits per heavy atom. The average Bonchev–Trinajstić information content (AvgIpc) is 2.61. The van der Waals surface area contributed by atoms with E-state index >= 15 is 0 Å². The van der Waals surface area contributed by atoms with Gasteiger partial charge in [-0.15, -0.1) is 0 Å². The van der Waals surface area contributed by atoms with Crippen molar-refractivity contribution in [2.45, 2.75) is 38.8 Å². The fraction of sp³-hybridized carbons (Fsp3) is 0.300. The van der Waals surface area contributed by atoms with Gasteiger partial charge in [-0.3, -0.25) is 4.79 Å². The Bertz CT molecular complexity index is 707. The van der Waals surface area contributed by atoms with Gasteiger partial charge in [0.25, 0.3) is 5.91 Å². The molecule has 0 fully saturated rings. The smallest absolute Gasteiger partial charge is 0.260 e. The summed E-state index contributed by atoms with van der Waals surface area (Å²) in [5, 5.41) is 11.9. The Labute approximate surface area is 143 Å². The fourth-order valence-electron chi connectivity index (χ4n) is 2.36. The first-order valence-corrected chi connectivity index (χ1v) is 8.09. The van der Waals surface area contributed by atoms with Crippen molar-refractivity contribution in [1.29, 1.82) is 5.26 Å². The van der Waals surface area contributed by atoms with Gasteiger partial charge in [0.05, 0.1) is 11.6 Å². The molecule has 0 aliphatic carbocycles. The van der Waals surface area contributed by atoms with Gasteiger partial charge in [-0.1, -0.05) is 36.4 Å². The van der Waals surface area contributed by atoms with E-state index in [1.54, 1.807) is 31.2 Å². The van der Waals surface area contributed by atoms with Crippen molar-refractivity contribution >= 4 is 5.91 Å². The Hall–Kier alpha value is -2.80. The first-order valence-electron chi connectivity index (χ1n) is 8.09. The van der Waals surface area contributed by atoms with Crippen LogP contribution < -0.4 is 10.1 Å². The van der Waals surface area contributed by atoms with E-state index in [9.17, 15) is 4.79 Å². The van der Waals surface area contributed by atoms with Crippen LogP contribution in [0.25, 0.3) is 0 Å². The number of carbonyl (C=O) groups excluding carboxylic acids is 1. The van der Waals surface area contributed by atoms with Crippen molar-refractivity contribution in [2.24, 2.45) is 0 Å². The van der Waals surface area contributed by atoms with Gasteiger partial charge in [0.1, 0.15) is 5.75 Å². The zero-order valence-electron chi connectivity index (χ0n) is 14.0. The van der Waals surface area contributed by atoms with Crippen LogP contribution in [0.4, 0.5) is 0 Å². The summed E-state index contributed by atoms with van der Waals surface area (Å²) in [5.41, 5.74) is 1.77. The summed E-state index contributed by atoms with van der Waals surface area (Å²) in [7, 11) is 0. The SMILES string of the molecule is CC(CCc1ccccc1)NC(=O)C(C)Oc1cccc(C#N)c1. The molecule has 124 valence electrons. The second-order valence-corrected chi connectivity index (χ2v) is 5.83. The minimum Gasteiger partial charge on any atom is -0.481 e. The first kappa shape index (κ1) is 17.6. The molecular formula is C20H22N2O2. The number of amides is 1. The zero-order chi connectivity index (χ0) is 17.4. The van der Waals surface area contributed by atoms with Crippen molar-refractivity contribution in [3.05, 3.63) is 65.7 Å². The van der Waals surface area contributed by atoms with Crippen LogP contribution in [-0.2, 0) is 11.2 Å². The molecule has 2 atom stereocenters. The van der Waals surface area contributed by atoms with E-state index in [0.29, 0.717) is 11.3 Å². The van der Waals surface area contributed by atoms with Crippen LogP contribution in [0.2, 0.25) is 0 Å². The summed E-state index contributed by atoms with van der Waals surface area (Å²) >= 11 is 0. The standard InChI is InChI=1S/C20H22N2O2/c1-15(11-12-17-7-4-3-5-8-17)22-20(23)16(2)24-19-10-6-9-18(13-19)14-21/h3-10,13,15-16H,11-12H2,1-2H3,(H,22,23). The molecule has 1 amide bonds. The molecule has 0 aliphatic rings. The average molecular weight is 322 g/mol. The van der Waals surface area contributed by atoms with Crippen LogP contribution in [-0.4, -0.2) is 18.1 Å². The van der Waals surface area contributed by atoms with Gasteiger partial charge in [-0.25, -0.2) is 0 Å². The van der Waals surface area contributed by atoms with Gasteiger partial charge in [-0.05, 0) is 50.5 Å². The molecule has 0 aliphatic heterocycles. The lowest BCUT2D eigenvalue weighted by Crippen LogP contribution is -2.41. The molecule has 0 bridgehead atoms. The van der Waals surface area contributed by atoms with Crippen LogP contribution in [0, 0.1) is 11.3 Å². The molecule has 0 saturated heterocycles. The monoisotopic (exact) mass is 322 g/mol. The maximum atomic E-state index is 12.2. The van der Waals surface area contributed by atoms with Gasteiger partial charge in [0.2, 0.25) is 0 Å². The summed E-state index contributed by atoms with van der Waals surface area (Å²) < 4.78 is 5.62. The molecule has 0 heterocycles. The van der Waals surface area contributed by atoms with E-state index in [4.69, 9.17) is 10.00 Å². The van der Waals surface area contributed by atoms with Crippen LogP contribution in [0.15, 0.2) is 54.6 Å². The van der Waals surface area contributed by atoms with Crippen molar-refractivity contribution in [3.63, 3.8) is 0 Å². The van der Waals surface area contributed by atoms with E-state index in [1.165, 1.54) is 5.56 Å². The number of carbonyl (C=O) groups is 1. The highest BCUT2D eigenvalue weighted by Gasteiger charge is 2.17. The lowest BCUT2D eigenvalue weighted by Gasteiger charge is -2.19. The number of nitriles is 1. The summed E-state index contributed by atoms with van der Waals surface area (Å²) in [6.45, 7) is 3.70. The summed E-state index contributed by atoms with van der Waals surface area (Å²) in [6.07, 6.45) is 1.17. The number of hydrogen-bond donors (Lipinski definition) is 1. The minimum absolute atomic E-state index is 0.0641. The number of benzene rings is 2. The molecule has 2 aromatic rings. The van der Waals surface area contributed by atoms with E-state index in [-0.39, 0.29) is 11.9 Å². The quantitative estimate of drug-likeness (QED) is 0.849. The minimum atomic E-state index is -0.613. The molecule has 2 unspecified atom stereocenters. The summed E-state index contributed by atoms with van der Waals surface area (Å²) in [6, 6.07) is 19.1. The predicted octanol–water partition coefficient (Wildman–Crippen LogP) is 3.46. The second kappa shape index (κ2) is 8.73. The molecule has 4 nitrogen and oxygen atoms in total. The van der Waals surface area contributed by atoms with Crippen molar-refractivity contribution < 1.29 is 9.53 Å². The summed E-state index contributed by atoms with van der Waals surface area (Å²) in [5.74, 6) is 0.367. The summed E-state index contributed by atoms with van der Waals surface area (Å²) in [4.78, 5) is 12.2. The van der Waals surface area contributed by atoms with E-state index in [0.717, 1.165) is 12.8 Å².